The molecule has 1 amide bonds. The Morgan fingerprint density at radius 2 is 1.95 bits per heavy atom. The number of hydrogen-bond acceptors (Lipinski definition) is 2. The third-order valence-electron chi connectivity index (χ3n) is 2.65. The minimum atomic E-state index is -0.504. The van der Waals surface area contributed by atoms with Gasteiger partial charge in [0.25, 0.3) is 5.82 Å². The van der Waals surface area contributed by atoms with Crippen molar-refractivity contribution < 1.29 is 14.5 Å². The van der Waals surface area contributed by atoms with Crippen LogP contribution < -0.4 is 15.0 Å². The molecule has 2 rings (SSSR count). The van der Waals surface area contributed by atoms with E-state index in [1.54, 1.807) is 12.3 Å². The van der Waals surface area contributed by atoms with Gasteiger partial charge < -0.3 is 4.74 Å². The summed E-state index contributed by atoms with van der Waals surface area (Å²) in [5.41, 5.74) is 0. The lowest BCUT2D eigenvalue weighted by molar-refractivity contribution is -0.360. The molecule has 0 aliphatic carbocycles. The highest BCUT2D eigenvalue weighted by atomic mass is 16.5. The number of carbonyl (C=O) groups is 1. The number of ether oxygens (including phenoxy) is 1. The molecule has 1 aromatic carbocycles. The number of aromatic amines is 1. The van der Waals surface area contributed by atoms with E-state index < -0.39 is 6.10 Å². The van der Waals surface area contributed by atoms with Crippen molar-refractivity contribution in [2.45, 2.75) is 19.4 Å². The zero-order valence-corrected chi connectivity index (χ0v) is 10.8. The summed E-state index contributed by atoms with van der Waals surface area (Å²) in [5, 5.41) is 2.79. The molecule has 1 heterocycles. The summed E-state index contributed by atoms with van der Waals surface area (Å²) < 4.78 is 5.67. The SMILES string of the molecule is CCC(Oc1ccccc1)C(=O)Nc1cccc[nH+]1. The van der Waals surface area contributed by atoms with Gasteiger partial charge in [-0.1, -0.05) is 31.2 Å². The number of H-pyrrole nitrogens is 1. The van der Waals surface area contributed by atoms with Gasteiger partial charge in [-0.25, -0.2) is 15.1 Å². The average Bonchev–Trinajstić information content (AvgIpc) is 2.47. The zero-order valence-electron chi connectivity index (χ0n) is 10.8. The number of para-hydroxylation sites is 1. The third kappa shape index (κ3) is 3.81. The highest BCUT2D eigenvalue weighted by molar-refractivity contribution is 5.92. The standard InChI is InChI=1S/C15H16N2O2/c1-2-13(19-12-8-4-3-5-9-12)15(18)17-14-10-6-7-11-16-14/h3-11,13H,2H2,1H3,(H,16,17,18)/p+1. The van der Waals surface area contributed by atoms with E-state index in [2.05, 4.69) is 10.3 Å². The molecule has 1 atom stereocenters. The van der Waals surface area contributed by atoms with E-state index in [-0.39, 0.29) is 5.91 Å². The van der Waals surface area contributed by atoms with E-state index in [4.69, 9.17) is 4.74 Å². The van der Waals surface area contributed by atoms with Crippen molar-refractivity contribution in [1.29, 1.82) is 0 Å². The Labute approximate surface area is 112 Å². The van der Waals surface area contributed by atoms with Crippen LogP contribution in [0.2, 0.25) is 0 Å². The van der Waals surface area contributed by atoms with Gasteiger partial charge in [-0.15, -0.1) is 0 Å². The first-order chi connectivity index (χ1) is 9.29. The lowest BCUT2D eigenvalue weighted by Gasteiger charge is -2.13. The van der Waals surface area contributed by atoms with Crippen molar-refractivity contribution in [3.8, 4) is 5.75 Å². The number of anilines is 1. The molecule has 2 aromatic rings. The number of benzene rings is 1. The average molecular weight is 257 g/mol. The second-order valence-electron chi connectivity index (χ2n) is 4.09. The van der Waals surface area contributed by atoms with E-state index in [9.17, 15) is 4.79 Å². The fraction of sp³-hybridized carbons (Fsp3) is 0.200. The van der Waals surface area contributed by atoms with E-state index in [0.29, 0.717) is 18.0 Å². The molecule has 0 aliphatic heterocycles. The monoisotopic (exact) mass is 257 g/mol. The second-order valence-corrected chi connectivity index (χ2v) is 4.09. The summed E-state index contributed by atoms with van der Waals surface area (Å²) in [6, 6.07) is 14.9. The fourth-order valence-corrected chi connectivity index (χ4v) is 1.67. The largest absolute Gasteiger partial charge is 0.478 e. The predicted molar refractivity (Wildman–Crippen MR) is 72.8 cm³/mol. The molecule has 0 radical (unpaired) electrons. The van der Waals surface area contributed by atoms with Crippen LogP contribution in [0.25, 0.3) is 0 Å². The summed E-state index contributed by atoms with van der Waals surface area (Å²) >= 11 is 0. The molecule has 19 heavy (non-hydrogen) atoms. The molecule has 0 spiro atoms. The second kappa shape index (κ2) is 6.54. The van der Waals surface area contributed by atoms with Crippen molar-refractivity contribution in [3.05, 3.63) is 54.7 Å². The molecular formula is C15H17N2O2+. The number of nitrogens with one attached hydrogen (secondary N) is 2. The molecule has 2 N–H and O–H groups in total. The number of carbonyl (C=O) groups excluding carboxylic acids is 1. The fourth-order valence-electron chi connectivity index (χ4n) is 1.67. The first-order valence-electron chi connectivity index (χ1n) is 6.29. The van der Waals surface area contributed by atoms with Crippen LogP contribution in [0.1, 0.15) is 13.3 Å². The van der Waals surface area contributed by atoms with Crippen LogP contribution in [0.3, 0.4) is 0 Å². The van der Waals surface area contributed by atoms with E-state index >= 15 is 0 Å². The summed E-state index contributed by atoms with van der Waals surface area (Å²) in [6.07, 6.45) is 1.86. The normalized spacial score (nSPS) is 11.6. The minimum Gasteiger partial charge on any atom is -0.478 e. The number of amides is 1. The van der Waals surface area contributed by atoms with E-state index in [1.807, 2.05) is 49.4 Å². The number of hydrogen-bond donors (Lipinski definition) is 1. The van der Waals surface area contributed by atoms with Crippen LogP contribution in [0.5, 0.6) is 5.75 Å². The molecule has 1 aromatic heterocycles. The molecule has 0 saturated carbocycles. The Bertz CT molecular complexity index is 514. The van der Waals surface area contributed by atoms with Crippen molar-refractivity contribution in [3.63, 3.8) is 0 Å². The van der Waals surface area contributed by atoms with Gasteiger partial charge in [0.05, 0.1) is 6.20 Å². The van der Waals surface area contributed by atoms with Gasteiger partial charge in [0.15, 0.2) is 6.10 Å². The molecule has 1 unspecified atom stereocenters. The van der Waals surface area contributed by atoms with Gasteiger partial charge in [-0.3, -0.25) is 0 Å². The Balaban J connectivity index is 2.00. The molecule has 4 heteroatoms. The highest BCUT2D eigenvalue weighted by Gasteiger charge is 2.23. The smallest absolute Gasteiger partial charge is 0.348 e. The van der Waals surface area contributed by atoms with Crippen molar-refractivity contribution in [2.75, 3.05) is 5.32 Å². The number of pyridine rings is 1. The Hall–Kier alpha value is -2.36. The van der Waals surface area contributed by atoms with Crippen molar-refractivity contribution in [1.82, 2.24) is 0 Å². The van der Waals surface area contributed by atoms with E-state index in [0.717, 1.165) is 0 Å². The quantitative estimate of drug-likeness (QED) is 0.893. The molecule has 4 nitrogen and oxygen atoms in total. The first kappa shape index (κ1) is 13.1. The Morgan fingerprint density at radius 3 is 2.58 bits per heavy atom. The van der Waals surface area contributed by atoms with Gasteiger partial charge in [0, 0.05) is 6.07 Å². The summed E-state index contributed by atoms with van der Waals surface area (Å²) in [7, 11) is 0. The molecule has 98 valence electrons. The van der Waals surface area contributed by atoms with Crippen molar-refractivity contribution >= 4 is 11.7 Å². The highest BCUT2D eigenvalue weighted by Crippen LogP contribution is 2.13. The van der Waals surface area contributed by atoms with Crippen LogP contribution in [0.4, 0.5) is 5.82 Å². The molecular weight excluding hydrogens is 240 g/mol. The zero-order chi connectivity index (χ0) is 13.5. The maximum Gasteiger partial charge on any atom is 0.348 e. The van der Waals surface area contributed by atoms with Crippen LogP contribution >= 0.6 is 0 Å². The predicted octanol–water partition coefficient (Wildman–Crippen LogP) is 2.30. The van der Waals surface area contributed by atoms with Crippen LogP contribution in [-0.4, -0.2) is 12.0 Å². The van der Waals surface area contributed by atoms with E-state index in [1.165, 1.54) is 0 Å². The number of rotatable bonds is 5. The van der Waals surface area contributed by atoms with Gasteiger partial charge >= 0.3 is 5.91 Å². The molecule has 0 fully saturated rings. The van der Waals surface area contributed by atoms with Gasteiger partial charge in [0.2, 0.25) is 0 Å². The topological polar surface area (TPSA) is 52.5 Å². The van der Waals surface area contributed by atoms with Gasteiger partial charge in [-0.2, -0.15) is 0 Å². The minimum absolute atomic E-state index is 0.159. The molecule has 0 bridgehead atoms. The van der Waals surface area contributed by atoms with Crippen LogP contribution in [-0.2, 0) is 4.79 Å². The summed E-state index contributed by atoms with van der Waals surface area (Å²) in [4.78, 5) is 15.0. The molecule has 0 aliphatic rings. The van der Waals surface area contributed by atoms with Crippen LogP contribution in [0, 0.1) is 0 Å². The maximum atomic E-state index is 12.1. The summed E-state index contributed by atoms with van der Waals surface area (Å²) in [5.74, 6) is 1.19. The van der Waals surface area contributed by atoms with Crippen LogP contribution in [0.15, 0.2) is 54.7 Å². The first-order valence-corrected chi connectivity index (χ1v) is 6.29. The number of aromatic nitrogens is 1. The van der Waals surface area contributed by atoms with Gasteiger partial charge in [-0.05, 0) is 24.6 Å². The lowest BCUT2D eigenvalue weighted by Crippen LogP contribution is -2.34. The molecule has 0 saturated heterocycles. The Kier molecular flexibility index (Phi) is 4.50. The van der Waals surface area contributed by atoms with Crippen molar-refractivity contribution in [2.24, 2.45) is 0 Å². The Morgan fingerprint density at radius 1 is 1.21 bits per heavy atom. The van der Waals surface area contributed by atoms with Gasteiger partial charge in [0.1, 0.15) is 5.75 Å². The lowest BCUT2D eigenvalue weighted by atomic mass is 10.2. The summed E-state index contributed by atoms with van der Waals surface area (Å²) in [6.45, 7) is 1.92. The third-order valence-corrected chi connectivity index (χ3v) is 2.65. The maximum absolute atomic E-state index is 12.1.